The Bertz CT molecular complexity index is 390. The number of nitrogens with two attached hydrogens (primary N) is 1. The third kappa shape index (κ3) is 4.78. The molecule has 2 N–H and O–H groups in total. The molecule has 1 heterocycles. The van der Waals surface area contributed by atoms with Gasteiger partial charge in [-0.05, 0) is 11.5 Å². The lowest BCUT2D eigenvalue weighted by Gasteiger charge is -2.41. The molecule has 1 saturated heterocycles. The maximum atomic E-state index is 5.98. The fraction of sp³-hybridized carbons (Fsp3) is 0.647. The first-order valence-electron chi connectivity index (χ1n) is 7.94. The minimum absolute atomic E-state index is 0.434. The van der Waals surface area contributed by atoms with Gasteiger partial charge in [-0.15, -0.1) is 0 Å². The molecule has 0 spiro atoms. The second-order valence-corrected chi connectivity index (χ2v) is 6.03. The number of ether oxygens (including phenoxy) is 1. The van der Waals surface area contributed by atoms with Crippen LogP contribution in [0.25, 0.3) is 0 Å². The highest BCUT2D eigenvalue weighted by Crippen LogP contribution is 2.15. The van der Waals surface area contributed by atoms with Crippen LogP contribution in [0.15, 0.2) is 30.3 Å². The molecular formula is C17H29N3O. The normalized spacial score (nSPS) is 20.3. The van der Waals surface area contributed by atoms with E-state index in [1.54, 1.807) is 7.11 Å². The third-order valence-corrected chi connectivity index (χ3v) is 4.45. The highest BCUT2D eigenvalue weighted by Gasteiger charge is 2.26. The summed E-state index contributed by atoms with van der Waals surface area (Å²) in [6.07, 6.45) is 0. The molecule has 0 saturated carbocycles. The minimum Gasteiger partial charge on any atom is -0.384 e. The molecule has 4 heteroatoms. The first-order chi connectivity index (χ1) is 10.2. The van der Waals surface area contributed by atoms with Crippen molar-refractivity contribution in [3.05, 3.63) is 35.9 Å². The van der Waals surface area contributed by atoms with Gasteiger partial charge >= 0.3 is 0 Å². The number of nitrogens with zero attached hydrogens (tertiary/aromatic N) is 2. The Morgan fingerprint density at radius 3 is 2.38 bits per heavy atom. The van der Waals surface area contributed by atoms with Crippen molar-refractivity contribution >= 4 is 0 Å². The molecule has 0 aliphatic carbocycles. The van der Waals surface area contributed by atoms with Gasteiger partial charge in [0.15, 0.2) is 0 Å². The zero-order valence-corrected chi connectivity index (χ0v) is 13.4. The molecule has 2 rings (SSSR count). The maximum Gasteiger partial charge on any atom is 0.0503 e. The van der Waals surface area contributed by atoms with Gasteiger partial charge in [-0.1, -0.05) is 37.3 Å². The third-order valence-electron chi connectivity index (χ3n) is 4.45. The number of hydrogen-bond acceptors (Lipinski definition) is 4. The van der Waals surface area contributed by atoms with Gasteiger partial charge in [0, 0.05) is 52.4 Å². The van der Waals surface area contributed by atoms with E-state index in [1.165, 1.54) is 5.56 Å². The molecule has 0 bridgehead atoms. The highest BCUT2D eigenvalue weighted by atomic mass is 16.5. The SMILES string of the molecule is COCC(C)C(CN)N1CCN(Cc2ccccc2)CC1. The molecule has 1 fully saturated rings. The van der Waals surface area contributed by atoms with Crippen molar-refractivity contribution in [2.24, 2.45) is 11.7 Å². The van der Waals surface area contributed by atoms with Gasteiger partial charge in [-0.2, -0.15) is 0 Å². The summed E-state index contributed by atoms with van der Waals surface area (Å²) in [7, 11) is 1.77. The van der Waals surface area contributed by atoms with Gasteiger partial charge in [0.25, 0.3) is 0 Å². The van der Waals surface area contributed by atoms with Gasteiger partial charge in [0.1, 0.15) is 0 Å². The predicted octanol–water partition coefficient (Wildman–Crippen LogP) is 1.41. The second-order valence-electron chi connectivity index (χ2n) is 6.03. The second kappa shape index (κ2) is 8.49. The molecule has 1 aromatic carbocycles. The van der Waals surface area contributed by atoms with E-state index in [-0.39, 0.29) is 0 Å². The average molecular weight is 291 g/mol. The Balaban J connectivity index is 1.82. The summed E-state index contributed by atoms with van der Waals surface area (Å²) in [6, 6.07) is 11.1. The van der Waals surface area contributed by atoms with Crippen molar-refractivity contribution in [1.29, 1.82) is 0 Å². The Hall–Kier alpha value is -0.940. The summed E-state index contributed by atoms with van der Waals surface area (Å²) in [5.74, 6) is 0.487. The minimum atomic E-state index is 0.434. The number of hydrogen-bond donors (Lipinski definition) is 1. The van der Waals surface area contributed by atoms with E-state index in [1.807, 2.05) is 0 Å². The Kier molecular flexibility index (Phi) is 6.64. The van der Waals surface area contributed by atoms with Crippen LogP contribution in [0.4, 0.5) is 0 Å². The van der Waals surface area contributed by atoms with E-state index < -0.39 is 0 Å². The topological polar surface area (TPSA) is 41.7 Å². The molecule has 2 unspecified atom stereocenters. The van der Waals surface area contributed by atoms with Gasteiger partial charge in [-0.25, -0.2) is 0 Å². The smallest absolute Gasteiger partial charge is 0.0503 e. The van der Waals surface area contributed by atoms with E-state index in [0.717, 1.165) is 39.3 Å². The molecular weight excluding hydrogens is 262 g/mol. The van der Waals surface area contributed by atoms with E-state index in [4.69, 9.17) is 10.5 Å². The Morgan fingerprint density at radius 2 is 1.81 bits per heavy atom. The zero-order chi connectivity index (χ0) is 15.1. The monoisotopic (exact) mass is 291 g/mol. The molecule has 1 aliphatic heterocycles. The molecule has 0 aromatic heterocycles. The fourth-order valence-corrected chi connectivity index (χ4v) is 3.21. The van der Waals surface area contributed by atoms with Crippen LogP contribution in [0, 0.1) is 5.92 Å². The Labute approximate surface area is 128 Å². The van der Waals surface area contributed by atoms with Crippen LogP contribution in [0.1, 0.15) is 12.5 Å². The van der Waals surface area contributed by atoms with Crippen molar-refractivity contribution in [2.75, 3.05) is 46.4 Å². The molecule has 1 aromatic rings. The molecule has 0 amide bonds. The van der Waals surface area contributed by atoms with E-state index in [0.29, 0.717) is 18.5 Å². The van der Waals surface area contributed by atoms with Crippen molar-refractivity contribution in [3.63, 3.8) is 0 Å². The van der Waals surface area contributed by atoms with Crippen LogP contribution in [-0.2, 0) is 11.3 Å². The van der Waals surface area contributed by atoms with Crippen molar-refractivity contribution in [1.82, 2.24) is 9.80 Å². The van der Waals surface area contributed by atoms with Crippen LogP contribution in [0.3, 0.4) is 0 Å². The Morgan fingerprint density at radius 1 is 1.14 bits per heavy atom. The summed E-state index contributed by atoms with van der Waals surface area (Å²) in [6.45, 7) is 9.21. The fourth-order valence-electron chi connectivity index (χ4n) is 3.21. The van der Waals surface area contributed by atoms with Crippen molar-refractivity contribution in [3.8, 4) is 0 Å². The average Bonchev–Trinajstić information content (AvgIpc) is 2.51. The number of methoxy groups -OCH3 is 1. The van der Waals surface area contributed by atoms with Crippen LogP contribution >= 0.6 is 0 Å². The summed E-state index contributed by atoms with van der Waals surface area (Å²) in [5, 5.41) is 0. The number of rotatable bonds is 7. The summed E-state index contributed by atoms with van der Waals surface area (Å²) < 4.78 is 5.28. The van der Waals surface area contributed by atoms with Crippen LogP contribution < -0.4 is 5.73 Å². The summed E-state index contributed by atoms with van der Waals surface area (Å²) in [4.78, 5) is 5.06. The summed E-state index contributed by atoms with van der Waals surface area (Å²) >= 11 is 0. The lowest BCUT2D eigenvalue weighted by Crippen LogP contribution is -2.54. The van der Waals surface area contributed by atoms with Crippen LogP contribution in [0.5, 0.6) is 0 Å². The van der Waals surface area contributed by atoms with Crippen LogP contribution in [-0.4, -0.2) is 62.3 Å². The first-order valence-corrected chi connectivity index (χ1v) is 7.94. The lowest BCUT2D eigenvalue weighted by atomic mass is 10.0. The predicted molar refractivity (Wildman–Crippen MR) is 87.2 cm³/mol. The van der Waals surface area contributed by atoms with Gasteiger partial charge in [0.05, 0.1) is 6.61 Å². The zero-order valence-electron chi connectivity index (χ0n) is 13.4. The standard InChI is InChI=1S/C17H29N3O/c1-15(14-21-2)17(12-18)20-10-8-19(9-11-20)13-16-6-4-3-5-7-16/h3-7,15,17H,8-14,18H2,1-2H3. The molecule has 0 radical (unpaired) electrons. The number of benzene rings is 1. The van der Waals surface area contributed by atoms with E-state index >= 15 is 0 Å². The molecule has 21 heavy (non-hydrogen) atoms. The number of piperazine rings is 1. The van der Waals surface area contributed by atoms with E-state index in [2.05, 4.69) is 47.1 Å². The molecule has 1 aliphatic rings. The largest absolute Gasteiger partial charge is 0.384 e. The van der Waals surface area contributed by atoms with Crippen LogP contribution in [0.2, 0.25) is 0 Å². The molecule has 2 atom stereocenters. The van der Waals surface area contributed by atoms with E-state index in [9.17, 15) is 0 Å². The summed E-state index contributed by atoms with van der Waals surface area (Å²) in [5.41, 5.74) is 7.38. The maximum absolute atomic E-state index is 5.98. The lowest BCUT2D eigenvalue weighted by molar-refractivity contribution is 0.0462. The molecule has 118 valence electrons. The van der Waals surface area contributed by atoms with Crippen molar-refractivity contribution < 1.29 is 4.74 Å². The van der Waals surface area contributed by atoms with Gasteiger partial charge in [-0.3, -0.25) is 9.80 Å². The van der Waals surface area contributed by atoms with Crippen molar-refractivity contribution in [2.45, 2.75) is 19.5 Å². The van der Waals surface area contributed by atoms with Gasteiger partial charge < -0.3 is 10.5 Å². The van der Waals surface area contributed by atoms with Gasteiger partial charge in [0.2, 0.25) is 0 Å². The molecule has 4 nitrogen and oxygen atoms in total. The highest BCUT2D eigenvalue weighted by molar-refractivity contribution is 5.14. The first kappa shape index (κ1) is 16.4. The quantitative estimate of drug-likeness (QED) is 0.825.